The Morgan fingerprint density at radius 3 is 2.71 bits per heavy atom. The first-order chi connectivity index (χ1) is 10.2. The first-order valence-electron chi connectivity index (χ1n) is 6.52. The minimum Gasteiger partial charge on any atom is -0.383 e. The fourth-order valence-corrected chi connectivity index (χ4v) is 1.51. The number of methoxy groups -OCH3 is 1. The molecule has 0 fully saturated rings. The Labute approximate surface area is 123 Å². The lowest BCUT2D eigenvalue weighted by Crippen LogP contribution is -2.39. The molecule has 0 aliphatic rings. The minimum atomic E-state index is -0.420. The molecule has 0 aliphatic carbocycles. The summed E-state index contributed by atoms with van der Waals surface area (Å²) < 4.78 is 4.97. The van der Waals surface area contributed by atoms with Crippen molar-refractivity contribution in [1.82, 2.24) is 10.6 Å². The lowest BCUT2D eigenvalue weighted by Gasteiger charge is -2.10. The number of rotatable bonds is 8. The van der Waals surface area contributed by atoms with Crippen LogP contribution in [0.4, 0.5) is 5.69 Å². The van der Waals surface area contributed by atoms with Crippen LogP contribution in [0.5, 0.6) is 0 Å². The van der Waals surface area contributed by atoms with Gasteiger partial charge in [-0.1, -0.05) is 18.2 Å². The first-order valence-corrected chi connectivity index (χ1v) is 6.52. The number of benzene rings is 1. The molecule has 21 heavy (non-hydrogen) atoms. The molecule has 1 aromatic rings. The van der Waals surface area contributed by atoms with Crippen LogP contribution in [0, 0.1) is 10.1 Å². The van der Waals surface area contributed by atoms with Gasteiger partial charge in [-0.3, -0.25) is 10.1 Å². The maximum Gasteiger partial charge on any atom is 0.269 e. The summed E-state index contributed by atoms with van der Waals surface area (Å²) in [5.74, 6) is 0.644. The van der Waals surface area contributed by atoms with E-state index in [9.17, 15) is 10.1 Å². The van der Waals surface area contributed by atoms with Gasteiger partial charge < -0.3 is 15.4 Å². The van der Waals surface area contributed by atoms with Crippen LogP contribution in [-0.4, -0.2) is 37.7 Å². The first kappa shape index (κ1) is 16.6. The maximum atomic E-state index is 10.6. The van der Waals surface area contributed by atoms with E-state index in [1.807, 2.05) is 0 Å². The van der Waals surface area contributed by atoms with E-state index >= 15 is 0 Å². The number of non-ortho nitro benzene ring substituents is 1. The van der Waals surface area contributed by atoms with Gasteiger partial charge in [-0.15, -0.1) is 6.58 Å². The Kier molecular flexibility index (Phi) is 7.52. The van der Waals surface area contributed by atoms with Crippen molar-refractivity contribution in [3.8, 4) is 0 Å². The zero-order chi connectivity index (χ0) is 15.5. The van der Waals surface area contributed by atoms with Crippen LogP contribution in [0.2, 0.25) is 0 Å². The van der Waals surface area contributed by atoms with E-state index in [0.717, 1.165) is 5.56 Å². The standard InChI is InChI=1S/C14H20N4O3/c1-3-8-15-14(16-9-10-21-2)17-11-12-4-6-13(7-5-12)18(19)20/h3-7H,1,8-11H2,2H3,(H2,15,16,17). The molecule has 0 aromatic heterocycles. The normalized spacial score (nSPS) is 11.0. The Morgan fingerprint density at radius 2 is 2.14 bits per heavy atom. The van der Waals surface area contributed by atoms with Gasteiger partial charge in [0.1, 0.15) is 0 Å². The predicted octanol–water partition coefficient (Wildman–Crippen LogP) is 1.46. The van der Waals surface area contributed by atoms with Gasteiger partial charge in [0, 0.05) is 32.3 Å². The summed E-state index contributed by atoms with van der Waals surface area (Å²) in [6.45, 7) is 5.88. The number of guanidine groups is 1. The van der Waals surface area contributed by atoms with Gasteiger partial charge in [0.2, 0.25) is 0 Å². The molecule has 1 aromatic carbocycles. The summed E-state index contributed by atoms with van der Waals surface area (Å²) in [5.41, 5.74) is 0.970. The number of nitrogens with one attached hydrogen (secondary N) is 2. The molecule has 2 N–H and O–H groups in total. The number of nitro groups is 1. The average molecular weight is 292 g/mol. The van der Waals surface area contributed by atoms with Crippen LogP contribution in [0.1, 0.15) is 5.56 Å². The van der Waals surface area contributed by atoms with Crippen molar-refractivity contribution in [2.75, 3.05) is 26.8 Å². The Morgan fingerprint density at radius 1 is 1.43 bits per heavy atom. The van der Waals surface area contributed by atoms with Crippen LogP contribution in [0.15, 0.2) is 41.9 Å². The number of nitro benzene ring substituents is 1. The summed E-state index contributed by atoms with van der Waals surface area (Å²) in [5, 5.41) is 16.8. The van der Waals surface area contributed by atoms with Crippen molar-refractivity contribution in [1.29, 1.82) is 0 Å². The largest absolute Gasteiger partial charge is 0.383 e. The topological polar surface area (TPSA) is 88.8 Å². The molecule has 0 spiro atoms. The molecular weight excluding hydrogens is 272 g/mol. The molecule has 0 bridgehead atoms. The van der Waals surface area contributed by atoms with Crippen molar-refractivity contribution in [3.63, 3.8) is 0 Å². The summed E-state index contributed by atoms with van der Waals surface area (Å²) in [6.07, 6.45) is 1.74. The molecule has 7 nitrogen and oxygen atoms in total. The lowest BCUT2D eigenvalue weighted by molar-refractivity contribution is -0.384. The Bertz CT molecular complexity index is 485. The molecule has 0 atom stereocenters. The van der Waals surface area contributed by atoms with Crippen molar-refractivity contribution < 1.29 is 9.66 Å². The fraction of sp³-hybridized carbons (Fsp3) is 0.357. The quantitative estimate of drug-likeness (QED) is 0.189. The third-order valence-electron chi connectivity index (χ3n) is 2.58. The number of ether oxygens (including phenoxy) is 1. The van der Waals surface area contributed by atoms with Gasteiger partial charge in [-0.05, 0) is 5.56 Å². The van der Waals surface area contributed by atoms with E-state index in [1.54, 1.807) is 25.3 Å². The van der Waals surface area contributed by atoms with Crippen molar-refractivity contribution >= 4 is 11.6 Å². The second-order valence-corrected chi connectivity index (χ2v) is 4.18. The molecule has 0 saturated heterocycles. The van der Waals surface area contributed by atoms with Crippen LogP contribution in [0.3, 0.4) is 0 Å². The number of hydrogen-bond donors (Lipinski definition) is 2. The van der Waals surface area contributed by atoms with Crippen molar-refractivity contribution in [3.05, 3.63) is 52.6 Å². The van der Waals surface area contributed by atoms with E-state index in [4.69, 9.17) is 4.74 Å². The monoisotopic (exact) mass is 292 g/mol. The summed E-state index contributed by atoms with van der Waals surface area (Å²) in [4.78, 5) is 14.6. The average Bonchev–Trinajstić information content (AvgIpc) is 2.50. The maximum absolute atomic E-state index is 10.6. The van der Waals surface area contributed by atoms with Gasteiger partial charge in [-0.25, -0.2) is 4.99 Å². The summed E-state index contributed by atoms with van der Waals surface area (Å²) in [6, 6.07) is 6.34. The van der Waals surface area contributed by atoms with E-state index < -0.39 is 4.92 Å². The summed E-state index contributed by atoms with van der Waals surface area (Å²) in [7, 11) is 1.63. The molecule has 0 radical (unpaired) electrons. The molecule has 0 aliphatic heterocycles. The van der Waals surface area contributed by atoms with E-state index in [-0.39, 0.29) is 5.69 Å². The smallest absolute Gasteiger partial charge is 0.269 e. The third-order valence-corrected chi connectivity index (χ3v) is 2.58. The van der Waals surface area contributed by atoms with Gasteiger partial charge in [0.25, 0.3) is 5.69 Å². The van der Waals surface area contributed by atoms with Crippen molar-refractivity contribution in [2.24, 2.45) is 4.99 Å². The molecular formula is C14H20N4O3. The zero-order valence-corrected chi connectivity index (χ0v) is 12.0. The molecule has 1 rings (SSSR count). The second-order valence-electron chi connectivity index (χ2n) is 4.18. The molecule has 0 heterocycles. The molecule has 7 heteroatoms. The minimum absolute atomic E-state index is 0.0750. The molecule has 0 saturated carbocycles. The van der Waals surface area contributed by atoms with E-state index in [2.05, 4.69) is 22.2 Å². The molecule has 0 amide bonds. The van der Waals surface area contributed by atoms with Crippen LogP contribution >= 0.6 is 0 Å². The van der Waals surface area contributed by atoms with E-state index in [0.29, 0.717) is 32.2 Å². The molecule has 0 unspecified atom stereocenters. The van der Waals surface area contributed by atoms with Crippen molar-refractivity contribution in [2.45, 2.75) is 6.54 Å². The van der Waals surface area contributed by atoms with E-state index in [1.165, 1.54) is 12.1 Å². The number of aliphatic imine (C=N–C) groups is 1. The zero-order valence-electron chi connectivity index (χ0n) is 12.0. The Hall–Kier alpha value is -2.41. The van der Waals surface area contributed by atoms with Gasteiger partial charge >= 0.3 is 0 Å². The highest BCUT2D eigenvalue weighted by Crippen LogP contribution is 2.12. The SMILES string of the molecule is C=CCNC(=NCc1ccc([N+](=O)[O-])cc1)NCCOC. The number of nitrogens with zero attached hydrogens (tertiary/aromatic N) is 2. The highest BCUT2D eigenvalue weighted by molar-refractivity contribution is 5.79. The number of hydrogen-bond acceptors (Lipinski definition) is 4. The van der Waals surface area contributed by atoms with Crippen LogP contribution < -0.4 is 10.6 Å². The summed E-state index contributed by atoms with van der Waals surface area (Å²) >= 11 is 0. The fourth-order valence-electron chi connectivity index (χ4n) is 1.51. The van der Waals surface area contributed by atoms with Gasteiger partial charge in [0.05, 0.1) is 18.1 Å². The molecule has 114 valence electrons. The Balaban J connectivity index is 2.61. The van der Waals surface area contributed by atoms with Crippen LogP contribution in [0.25, 0.3) is 0 Å². The predicted molar refractivity (Wildman–Crippen MR) is 82.3 cm³/mol. The second kappa shape index (κ2) is 9.49. The van der Waals surface area contributed by atoms with Gasteiger partial charge in [0.15, 0.2) is 5.96 Å². The third kappa shape index (κ3) is 6.53. The lowest BCUT2D eigenvalue weighted by atomic mass is 10.2. The highest BCUT2D eigenvalue weighted by Gasteiger charge is 2.03. The van der Waals surface area contributed by atoms with Crippen LogP contribution in [-0.2, 0) is 11.3 Å². The van der Waals surface area contributed by atoms with Gasteiger partial charge in [-0.2, -0.15) is 0 Å². The highest BCUT2D eigenvalue weighted by atomic mass is 16.6.